The number of hydrogen-bond donors (Lipinski definition) is 1. The Morgan fingerprint density at radius 2 is 2.22 bits per heavy atom. The van der Waals surface area contributed by atoms with Crippen LogP contribution >= 0.6 is 0 Å². The molecule has 2 aromatic rings. The van der Waals surface area contributed by atoms with Crippen LogP contribution in [-0.2, 0) is 0 Å². The van der Waals surface area contributed by atoms with Gasteiger partial charge in [0.1, 0.15) is 11.6 Å². The van der Waals surface area contributed by atoms with Crippen molar-refractivity contribution in [3.63, 3.8) is 0 Å². The van der Waals surface area contributed by atoms with Gasteiger partial charge in [0.05, 0.1) is 10.9 Å². The van der Waals surface area contributed by atoms with Crippen LogP contribution in [0.25, 0.3) is 10.9 Å². The highest BCUT2D eigenvalue weighted by atomic mass is 19.1. The molecule has 1 heterocycles. The van der Waals surface area contributed by atoms with E-state index in [1.807, 2.05) is 0 Å². The Morgan fingerprint density at radius 1 is 1.39 bits per heavy atom. The summed E-state index contributed by atoms with van der Waals surface area (Å²) < 4.78 is 13.1. The standard InChI is InChI=1S/C14H15FN2O/c1-8-2-3-9(6-8)13-16-12-5-4-10(15)7-11(12)14(18)17-13/h4-5,7-9H,2-3,6H2,1H3,(H,16,17,18). The summed E-state index contributed by atoms with van der Waals surface area (Å²) in [7, 11) is 0. The minimum absolute atomic E-state index is 0.242. The van der Waals surface area contributed by atoms with E-state index in [-0.39, 0.29) is 5.56 Å². The fourth-order valence-electron chi connectivity index (χ4n) is 2.78. The largest absolute Gasteiger partial charge is 0.310 e. The number of hydrogen-bond acceptors (Lipinski definition) is 2. The van der Waals surface area contributed by atoms with Crippen molar-refractivity contribution >= 4 is 10.9 Å². The lowest BCUT2D eigenvalue weighted by Crippen LogP contribution is -2.14. The van der Waals surface area contributed by atoms with E-state index in [9.17, 15) is 9.18 Å². The molecule has 0 saturated heterocycles. The average Bonchev–Trinajstić information content (AvgIpc) is 2.77. The smallest absolute Gasteiger partial charge is 0.258 e. The van der Waals surface area contributed by atoms with Crippen molar-refractivity contribution in [3.05, 3.63) is 40.2 Å². The molecular weight excluding hydrogens is 231 g/mol. The molecule has 1 aromatic heterocycles. The highest BCUT2D eigenvalue weighted by Crippen LogP contribution is 2.36. The third kappa shape index (κ3) is 1.92. The van der Waals surface area contributed by atoms with Crippen LogP contribution in [0.1, 0.15) is 37.9 Å². The highest BCUT2D eigenvalue weighted by Gasteiger charge is 2.25. The van der Waals surface area contributed by atoms with Crippen molar-refractivity contribution < 1.29 is 4.39 Å². The molecule has 18 heavy (non-hydrogen) atoms. The fraction of sp³-hybridized carbons (Fsp3) is 0.429. The molecule has 0 bridgehead atoms. The summed E-state index contributed by atoms with van der Waals surface area (Å²) >= 11 is 0. The third-order valence-corrected chi connectivity index (χ3v) is 3.77. The number of nitrogens with one attached hydrogen (secondary N) is 1. The van der Waals surface area contributed by atoms with Gasteiger partial charge in [-0.2, -0.15) is 0 Å². The Labute approximate surface area is 104 Å². The topological polar surface area (TPSA) is 45.8 Å². The molecule has 1 aliphatic carbocycles. The number of aromatic amines is 1. The predicted octanol–water partition coefficient (Wildman–Crippen LogP) is 2.97. The fourth-order valence-corrected chi connectivity index (χ4v) is 2.78. The van der Waals surface area contributed by atoms with E-state index < -0.39 is 5.82 Å². The van der Waals surface area contributed by atoms with Gasteiger partial charge >= 0.3 is 0 Å². The molecule has 1 N–H and O–H groups in total. The molecule has 0 amide bonds. The zero-order valence-electron chi connectivity index (χ0n) is 10.2. The minimum Gasteiger partial charge on any atom is -0.310 e. The van der Waals surface area contributed by atoms with Gasteiger partial charge in [-0.05, 0) is 43.4 Å². The van der Waals surface area contributed by atoms with E-state index in [1.165, 1.54) is 18.6 Å². The van der Waals surface area contributed by atoms with Crippen LogP contribution in [0.2, 0.25) is 0 Å². The van der Waals surface area contributed by atoms with E-state index in [0.29, 0.717) is 22.7 Å². The molecule has 1 aliphatic rings. The first kappa shape index (κ1) is 11.4. The lowest BCUT2D eigenvalue weighted by Gasteiger charge is -2.09. The lowest BCUT2D eigenvalue weighted by atomic mass is 10.1. The number of H-pyrrole nitrogens is 1. The van der Waals surface area contributed by atoms with Gasteiger partial charge in [0.2, 0.25) is 0 Å². The summed E-state index contributed by atoms with van der Waals surface area (Å²) in [6.07, 6.45) is 3.31. The summed E-state index contributed by atoms with van der Waals surface area (Å²) in [5.74, 6) is 1.37. The first-order valence-corrected chi connectivity index (χ1v) is 6.33. The number of aromatic nitrogens is 2. The van der Waals surface area contributed by atoms with Gasteiger partial charge in [0.15, 0.2) is 0 Å². The summed E-state index contributed by atoms with van der Waals surface area (Å²) in [5, 5.41) is 0.324. The van der Waals surface area contributed by atoms with Crippen LogP contribution in [0.5, 0.6) is 0 Å². The first-order chi connectivity index (χ1) is 8.63. The molecular formula is C14H15FN2O. The normalized spacial score (nSPS) is 23.7. The molecule has 1 saturated carbocycles. The lowest BCUT2D eigenvalue weighted by molar-refractivity contribution is 0.585. The zero-order chi connectivity index (χ0) is 12.7. The van der Waals surface area contributed by atoms with Crippen molar-refractivity contribution in [1.29, 1.82) is 0 Å². The Balaban J connectivity index is 2.10. The van der Waals surface area contributed by atoms with E-state index >= 15 is 0 Å². The van der Waals surface area contributed by atoms with Crippen LogP contribution < -0.4 is 5.56 Å². The number of nitrogens with zero attached hydrogens (tertiary/aromatic N) is 1. The molecule has 2 atom stereocenters. The maximum atomic E-state index is 13.1. The Kier molecular flexibility index (Phi) is 2.65. The molecule has 0 radical (unpaired) electrons. The van der Waals surface area contributed by atoms with Gasteiger partial charge in [-0.1, -0.05) is 6.92 Å². The second-order valence-electron chi connectivity index (χ2n) is 5.23. The Hall–Kier alpha value is -1.71. The third-order valence-electron chi connectivity index (χ3n) is 3.77. The van der Waals surface area contributed by atoms with E-state index in [1.54, 1.807) is 6.07 Å². The molecule has 94 valence electrons. The van der Waals surface area contributed by atoms with Crippen molar-refractivity contribution in [2.75, 3.05) is 0 Å². The van der Waals surface area contributed by atoms with Gasteiger partial charge in [-0.3, -0.25) is 4.79 Å². The number of benzene rings is 1. The van der Waals surface area contributed by atoms with E-state index in [4.69, 9.17) is 0 Å². The maximum Gasteiger partial charge on any atom is 0.258 e. The Morgan fingerprint density at radius 3 is 2.94 bits per heavy atom. The van der Waals surface area contributed by atoms with Crippen LogP contribution in [0, 0.1) is 11.7 Å². The minimum atomic E-state index is -0.406. The molecule has 4 heteroatoms. The second-order valence-corrected chi connectivity index (χ2v) is 5.23. The van der Waals surface area contributed by atoms with Crippen LogP contribution in [0.15, 0.2) is 23.0 Å². The molecule has 1 fully saturated rings. The molecule has 3 rings (SSSR count). The highest BCUT2D eigenvalue weighted by molar-refractivity contribution is 5.77. The van der Waals surface area contributed by atoms with Crippen LogP contribution in [0.3, 0.4) is 0 Å². The monoisotopic (exact) mass is 246 g/mol. The van der Waals surface area contributed by atoms with Gasteiger partial charge < -0.3 is 4.98 Å². The van der Waals surface area contributed by atoms with Crippen LogP contribution in [-0.4, -0.2) is 9.97 Å². The summed E-state index contributed by atoms with van der Waals surface area (Å²) in [6, 6.07) is 4.15. The number of fused-ring (bicyclic) bond motifs is 1. The Bertz CT molecular complexity index is 650. The van der Waals surface area contributed by atoms with Crippen LogP contribution in [0.4, 0.5) is 4.39 Å². The quantitative estimate of drug-likeness (QED) is 0.840. The van der Waals surface area contributed by atoms with Gasteiger partial charge in [0.25, 0.3) is 5.56 Å². The summed E-state index contributed by atoms with van der Waals surface area (Å²) in [4.78, 5) is 19.2. The molecule has 1 aromatic carbocycles. The SMILES string of the molecule is CC1CCC(c2nc3ccc(F)cc3c(=O)[nH]2)C1. The predicted molar refractivity (Wildman–Crippen MR) is 68.1 cm³/mol. The van der Waals surface area contributed by atoms with E-state index in [0.717, 1.165) is 18.7 Å². The average molecular weight is 246 g/mol. The van der Waals surface area contributed by atoms with Crippen molar-refractivity contribution in [2.24, 2.45) is 5.92 Å². The molecule has 3 nitrogen and oxygen atoms in total. The maximum absolute atomic E-state index is 13.1. The van der Waals surface area contributed by atoms with Gasteiger partial charge in [-0.25, -0.2) is 9.37 Å². The molecule has 2 unspecified atom stereocenters. The number of rotatable bonds is 1. The number of halogens is 1. The van der Waals surface area contributed by atoms with Gasteiger partial charge in [-0.15, -0.1) is 0 Å². The summed E-state index contributed by atoms with van der Waals surface area (Å²) in [5.41, 5.74) is 0.337. The molecule has 0 aliphatic heterocycles. The van der Waals surface area contributed by atoms with Crippen molar-refractivity contribution in [3.8, 4) is 0 Å². The first-order valence-electron chi connectivity index (χ1n) is 6.33. The zero-order valence-corrected chi connectivity index (χ0v) is 10.2. The van der Waals surface area contributed by atoms with Gasteiger partial charge in [0, 0.05) is 5.92 Å². The second kappa shape index (κ2) is 4.19. The van der Waals surface area contributed by atoms with Crippen molar-refractivity contribution in [2.45, 2.75) is 32.1 Å². The summed E-state index contributed by atoms with van der Waals surface area (Å²) in [6.45, 7) is 2.22. The molecule has 0 spiro atoms. The van der Waals surface area contributed by atoms with E-state index in [2.05, 4.69) is 16.9 Å². The van der Waals surface area contributed by atoms with Crippen molar-refractivity contribution in [1.82, 2.24) is 9.97 Å².